The fourth-order valence-electron chi connectivity index (χ4n) is 3.45. The number of methoxy groups -OCH3 is 3. The number of hydrogen-bond acceptors (Lipinski definition) is 6. The molecule has 4 aromatic rings. The summed E-state index contributed by atoms with van der Waals surface area (Å²) in [5, 5.41) is 0. The highest BCUT2D eigenvalue weighted by Gasteiger charge is 2.13. The van der Waals surface area contributed by atoms with Crippen molar-refractivity contribution in [3.05, 3.63) is 86.8 Å². The number of carbonyl (C=O) groups excluding carboxylic acids is 1. The first-order valence-electron chi connectivity index (χ1n) is 10.1. The molecule has 1 N–H and O–H groups in total. The van der Waals surface area contributed by atoms with Gasteiger partial charge < -0.3 is 19.2 Å². The summed E-state index contributed by atoms with van der Waals surface area (Å²) < 4.78 is 18.1. The van der Waals surface area contributed by atoms with Crippen molar-refractivity contribution in [2.45, 2.75) is 0 Å². The zero-order valence-corrected chi connectivity index (χ0v) is 20.2. The van der Waals surface area contributed by atoms with Crippen LogP contribution in [0.3, 0.4) is 0 Å². The van der Waals surface area contributed by atoms with E-state index in [4.69, 9.17) is 25.8 Å². The summed E-state index contributed by atoms with van der Waals surface area (Å²) in [5.41, 5.74) is 2.07. The minimum atomic E-state index is -0.308. The molecule has 174 valence electrons. The summed E-state index contributed by atoms with van der Waals surface area (Å²) in [4.78, 5) is 29.1. The third kappa shape index (κ3) is 4.78. The highest BCUT2D eigenvalue weighted by atomic mass is 35.5. The number of ketones is 1. The Kier molecular flexibility index (Phi) is 6.90. The molecule has 4 rings (SSSR count). The van der Waals surface area contributed by atoms with E-state index >= 15 is 0 Å². The molecule has 34 heavy (non-hydrogen) atoms. The standard InChI is InChI=1S/C25H21ClN2O5S/c1-31-20-11-15(12-21(32-2)24(20)33-3)7-8-19(29)16-5-4-6-17(13-16)28-14-18(27-25(28)30)22-9-10-23(26)34-22/h4-14H,1-3H3,(H,27,30). The van der Waals surface area contributed by atoms with Crippen molar-refractivity contribution in [2.24, 2.45) is 0 Å². The van der Waals surface area contributed by atoms with Crippen molar-refractivity contribution in [3.63, 3.8) is 0 Å². The maximum absolute atomic E-state index is 12.9. The van der Waals surface area contributed by atoms with Crippen molar-refractivity contribution in [3.8, 4) is 33.5 Å². The second kappa shape index (κ2) is 10.0. The van der Waals surface area contributed by atoms with Crippen LogP contribution in [-0.4, -0.2) is 36.7 Å². The molecule has 0 atom stereocenters. The molecule has 7 nitrogen and oxygen atoms in total. The second-order valence-corrected chi connectivity index (χ2v) is 8.87. The summed E-state index contributed by atoms with van der Waals surface area (Å²) in [7, 11) is 4.59. The monoisotopic (exact) mass is 496 g/mol. The molecule has 0 aliphatic carbocycles. The van der Waals surface area contributed by atoms with Crippen molar-refractivity contribution in [2.75, 3.05) is 21.3 Å². The number of imidazole rings is 1. The number of nitrogens with one attached hydrogen (secondary N) is 1. The number of allylic oxidation sites excluding steroid dienone is 1. The van der Waals surface area contributed by atoms with Crippen LogP contribution in [0.2, 0.25) is 4.34 Å². The molecular formula is C25H21ClN2O5S. The molecule has 2 heterocycles. The number of aromatic nitrogens is 2. The van der Waals surface area contributed by atoms with Crippen LogP contribution in [0.1, 0.15) is 15.9 Å². The lowest BCUT2D eigenvalue weighted by Gasteiger charge is -2.12. The van der Waals surface area contributed by atoms with Gasteiger partial charge in [0.15, 0.2) is 17.3 Å². The fourth-order valence-corrected chi connectivity index (χ4v) is 4.45. The summed E-state index contributed by atoms with van der Waals surface area (Å²) >= 11 is 7.38. The van der Waals surface area contributed by atoms with Gasteiger partial charge in [-0.3, -0.25) is 9.36 Å². The molecule has 0 fully saturated rings. The van der Waals surface area contributed by atoms with Crippen LogP contribution < -0.4 is 19.9 Å². The first kappa shape index (κ1) is 23.4. The summed E-state index contributed by atoms with van der Waals surface area (Å²) in [5.74, 6) is 1.24. The molecule has 0 unspecified atom stereocenters. The van der Waals surface area contributed by atoms with Gasteiger partial charge in [-0.2, -0.15) is 0 Å². The molecule has 0 radical (unpaired) electrons. The number of halogens is 1. The normalized spacial score (nSPS) is 11.1. The zero-order chi connectivity index (χ0) is 24.2. The Balaban J connectivity index is 1.60. The number of hydrogen-bond donors (Lipinski definition) is 1. The van der Waals surface area contributed by atoms with E-state index in [0.29, 0.717) is 44.1 Å². The first-order valence-corrected chi connectivity index (χ1v) is 11.3. The number of ether oxygens (including phenoxy) is 3. The minimum Gasteiger partial charge on any atom is -0.493 e. The maximum Gasteiger partial charge on any atom is 0.330 e. The lowest BCUT2D eigenvalue weighted by Crippen LogP contribution is -2.14. The SMILES string of the molecule is COc1cc(C=CC(=O)c2cccc(-n3cc(-c4ccc(Cl)s4)[nH]c3=O)c2)cc(OC)c1OC. The van der Waals surface area contributed by atoms with Gasteiger partial charge in [0.25, 0.3) is 0 Å². The Bertz CT molecular complexity index is 1410. The molecule has 0 saturated carbocycles. The van der Waals surface area contributed by atoms with Crippen LogP contribution in [0, 0.1) is 0 Å². The Hall–Kier alpha value is -3.75. The van der Waals surface area contributed by atoms with Crippen LogP contribution in [0.15, 0.2) is 65.6 Å². The van der Waals surface area contributed by atoms with E-state index in [-0.39, 0.29) is 11.5 Å². The number of nitrogens with zero attached hydrogens (tertiary/aromatic N) is 1. The quantitative estimate of drug-likeness (QED) is 0.258. The van der Waals surface area contributed by atoms with Crippen molar-refractivity contribution in [1.82, 2.24) is 9.55 Å². The average Bonchev–Trinajstić information content (AvgIpc) is 3.47. The zero-order valence-electron chi connectivity index (χ0n) is 18.6. The van der Waals surface area contributed by atoms with Crippen LogP contribution >= 0.6 is 22.9 Å². The molecule has 0 bridgehead atoms. The van der Waals surface area contributed by atoms with E-state index in [2.05, 4.69) is 4.98 Å². The van der Waals surface area contributed by atoms with Crippen molar-refractivity contribution < 1.29 is 19.0 Å². The molecule has 0 saturated heterocycles. The summed E-state index contributed by atoms with van der Waals surface area (Å²) in [6, 6.07) is 14.0. The van der Waals surface area contributed by atoms with E-state index in [9.17, 15) is 9.59 Å². The van der Waals surface area contributed by atoms with Gasteiger partial charge in [0, 0.05) is 11.8 Å². The van der Waals surface area contributed by atoms with Gasteiger partial charge >= 0.3 is 5.69 Å². The number of H-pyrrole nitrogens is 1. The van der Waals surface area contributed by atoms with Crippen LogP contribution in [0.4, 0.5) is 0 Å². The van der Waals surface area contributed by atoms with Crippen LogP contribution in [-0.2, 0) is 0 Å². The van der Waals surface area contributed by atoms with Crippen LogP contribution in [0.5, 0.6) is 17.2 Å². The Labute approximate surface area is 204 Å². The lowest BCUT2D eigenvalue weighted by atomic mass is 10.1. The largest absolute Gasteiger partial charge is 0.493 e. The van der Waals surface area contributed by atoms with Crippen LogP contribution in [0.25, 0.3) is 22.3 Å². The number of benzene rings is 2. The molecule has 0 amide bonds. The predicted molar refractivity (Wildman–Crippen MR) is 134 cm³/mol. The molecule has 2 aromatic carbocycles. The average molecular weight is 497 g/mol. The Morgan fingerprint density at radius 1 is 1.03 bits per heavy atom. The van der Waals surface area contributed by atoms with E-state index in [0.717, 1.165) is 4.88 Å². The molecule has 0 spiro atoms. The molecular weight excluding hydrogens is 476 g/mol. The fraction of sp³-hybridized carbons (Fsp3) is 0.120. The number of carbonyl (C=O) groups is 1. The van der Waals surface area contributed by atoms with Crippen molar-refractivity contribution in [1.29, 1.82) is 0 Å². The van der Waals surface area contributed by atoms with Gasteiger partial charge in [-0.15, -0.1) is 11.3 Å². The number of rotatable bonds is 8. The Morgan fingerprint density at radius 3 is 2.38 bits per heavy atom. The molecule has 0 aliphatic rings. The van der Waals surface area contributed by atoms with Gasteiger partial charge in [0.2, 0.25) is 5.75 Å². The molecule has 9 heteroatoms. The van der Waals surface area contributed by atoms with Gasteiger partial charge in [-0.05, 0) is 48.0 Å². The highest BCUT2D eigenvalue weighted by molar-refractivity contribution is 7.19. The molecule has 0 aliphatic heterocycles. The number of aromatic amines is 1. The summed E-state index contributed by atoms with van der Waals surface area (Å²) in [6.07, 6.45) is 4.82. The van der Waals surface area contributed by atoms with Crippen molar-refractivity contribution >= 4 is 34.8 Å². The minimum absolute atomic E-state index is 0.218. The predicted octanol–water partition coefficient (Wildman–Crippen LogP) is 5.47. The van der Waals surface area contributed by atoms with Gasteiger partial charge in [-0.25, -0.2) is 4.79 Å². The van der Waals surface area contributed by atoms with E-state index in [1.807, 2.05) is 6.07 Å². The van der Waals surface area contributed by atoms with Gasteiger partial charge in [-0.1, -0.05) is 29.8 Å². The first-order chi connectivity index (χ1) is 16.4. The smallest absolute Gasteiger partial charge is 0.330 e. The highest BCUT2D eigenvalue weighted by Crippen LogP contribution is 2.38. The van der Waals surface area contributed by atoms with Gasteiger partial charge in [0.05, 0.1) is 41.9 Å². The van der Waals surface area contributed by atoms with E-state index in [1.165, 1.54) is 43.3 Å². The maximum atomic E-state index is 12.9. The third-order valence-electron chi connectivity index (χ3n) is 5.08. The molecule has 2 aromatic heterocycles. The Morgan fingerprint density at radius 2 is 1.76 bits per heavy atom. The second-order valence-electron chi connectivity index (χ2n) is 7.15. The third-order valence-corrected chi connectivity index (χ3v) is 6.34. The number of thiophene rings is 1. The van der Waals surface area contributed by atoms with E-state index in [1.54, 1.807) is 54.7 Å². The lowest BCUT2D eigenvalue weighted by molar-refractivity contribution is 0.104. The summed E-state index contributed by atoms with van der Waals surface area (Å²) in [6.45, 7) is 0. The topological polar surface area (TPSA) is 82.6 Å². The van der Waals surface area contributed by atoms with Gasteiger partial charge in [0.1, 0.15) is 0 Å². The van der Waals surface area contributed by atoms with E-state index < -0.39 is 0 Å².